The molecule has 0 aliphatic heterocycles. The first kappa shape index (κ1) is 12.5. The second-order valence-corrected chi connectivity index (χ2v) is 4.10. The molecule has 4 heteroatoms. The number of rotatable bonds is 5. The van der Waals surface area contributed by atoms with Crippen LogP contribution in [0, 0.1) is 5.92 Å². The molecule has 0 aromatic heterocycles. The first-order chi connectivity index (χ1) is 7.24. The second kappa shape index (κ2) is 6.80. The fourth-order valence-electron chi connectivity index (χ4n) is 1.92. The van der Waals surface area contributed by atoms with Crippen molar-refractivity contribution >= 4 is 5.91 Å². The maximum atomic E-state index is 11.7. The van der Waals surface area contributed by atoms with E-state index in [1.54, 1.807) is 0 Å². The monoisotopic (exact) mass is 214 g/mol. The summed E-state index contributed by atoms with van der Waals surface area (Å²) < 4.78 is 5.15. The van der Waals surface area contributed by atoms with Crippen LogP contribution >= 0.6 is 0 Å². The highest BCUT2D eigenvalue weighted by molar-refractivity contribution is 5.78. The van der Waals surface area contributed by atoms with Crippen molar-refractivity contribution in [1.82, 2.24) is 5.32 Å². The van der Waals surface area contributed by atoms with E-state index in [0.29, 0.717) is 25.8 Å². The largest absolute Gasteiger partial charge is 0.380 e. The van der Waals surface area contributed by atoms with Gasteiger partial charge in [0.15, 0.2) is 0 Å². The summed E-state index contributed by atoms with van der Waals surface area (Å²) in [6.07, 6.45) is 3.82. The molecule has 3 N–H and O–H groups in total. The Hall–Kier alpha value is -0.610. The van der Waals surface area contributed by atoms with Crippen molar-refractivity contribution in [2.75, 3.05) is 19.8 Å². The highest BCUT2D eigenvalue weighted by Crippen LogP contribution is 2.22. The predicted octanol–water partition coefficient (Wildman–Crippen LogP) is 0.657. The van der Waals surface area contributed by atoms with Crippen molar-refractivity contribution in [1.29, 1.82) is 0 Å². The molecule has 0 aromatic carbocycles. The van der Waals surface area contributed by atoms with E-state index in [2.05, 4.69) is 5.32 Å². The van der Waals surface area contributed by atoms with Gasteiger partial charge >= 0.3 is 0 Å². The molecular formula is C11H22N2O2. The van der Waals surface area contributed by atoms with E-state index in [1.165, 1.54) is 0 Å². The SMILES string of the molecule is CCOCCNC(=O)C1CCC(N)CC1. The van der Waals surface area contributed by atoms with Crippen LogP contribution in [0.4, 0.5) is 0 Å². The third-order valence-corrected chi connectivity index (χ3v) is 2.89. The Labute approximate surface area is 91.5 Å². The van der Waals surface area contributed by atoms with Crippen LogP contribution in [0.5, 0.6) is 0 Å². The lowest BCUT2D eigenvalue weighted by Crippen LogP contribution is -2.37. The number of carbonyl (C=O) groups excluding carboxylic acids is 1. The molecule has 1 aliphatic carbocycles. The number of carbonyl (C=O) groups is 1. The predicted molar refractivity (Wildman–Crippen MR) is 59.4 cm³/mol. The zero-order valence-corrected chi connectivity index (χ0v) is 9.50. The number of hydrogen-bond acceptors (Lipinski definition) is 3. The first-order valence-corrected chi connectivity index (χ1v) is 5.85. The van der Waals surface area contributed by atoms with E-state index < -0.39 is 0 Å². The third kappa shape index (κ3) is 4.62. The van der Waals surface area contributed by atoms with Crippen LogP contribution in [0.3, 0.4) is 0 Å². The highest BCUT2D eigenvalue weighted by atomic mass is 16.5. The number of ether oxygens (including phenoxy) is 1. The van der Waals surface area contributed by atoms with Gasteiger partial charge in [-0.25, -0.2) is 0 Å². The number of nitrogens with two attached hydrogens (primary N) is 1. The van der Waals surface area contributed by atoms with E-state index in [9.17, 15) is 4.79 Å². The maximum Gasteiger partial charge on any atom is 0.223 e. The van der Waals surface area contributed by atoms with Crippen molar-refractivity contribution in [2.24, 2.45) is 11.7 Å². The van der Waals surface area contributed by atoms with Gasteiger partial charge in [0.05, 0.1) is 6.61 Å². The van der Waals surface area contributed by atoms with Crippen LogP contribution in [0.1, 0.15) is 32.6 Å². The molecule has 88 valence electrons. The van der Waals surface area contributed by atoms with E-state index in [-0.39, 0.29) is 11.8 Å². The van der Waals surface area contributed by atoms with Gasteiger partial charge in [0, 0.05) is 25.1 Å². The molecule has 0 atom stereocenters. The summed E-state index contributed by atoms with van der Waals surface area (Å²) >= 11 is 0. The number of nitrogens with one attached hydrogen (secondary N) is 1. The lowest BCUT2D eigenvalue weighted by Gasteiger charge is -2.25. The minimum Gasteiger partial charge on any atom is -0.380 e. The molecule has 0 aromatic rings. The van der Waals surface area contributed by atoms with Crippen molar-refractivity contribution in [2.45, 2.75) is 38.6 Å². The Kier molecular flexibility index (Phi) is 5.65. The summed E-state index contributed by atoms with van der Waals surface area (Å²) in [5, 5.41) is 2.90. The maximum absolute atomic E-state index is 11.7. The van der Waals surface area contributed by atoms with Crippen LogP contribution in [-0.4, -0.2) is 31.7 Å². The zero-order chi connectivity index (χ0) is 11.1. The van der Waals surface area contributed by atoms with Gasteiger partial charge in [0.2, 0.25) is 5.91 Å². The van der Waals surface area contributed by atoms with Gasteiger partial charge in [-0.3, -0.25) is 4.79 Å². The minimum absolute atomic E-state index is 0.168. The van der Waals surface area contributed by atoms with Crippen LogP contribution in [0.25, 0.3) is 0 Å². The Morgan fingerprint density at radius 1 is 1.40 bits per heavy atom. The van der Waals surface area contributed by atoms with Crippen LogP contribution in [0.2, 0.25) is 0 Å². The summed E-state index contributed by atoms with van der Waals surface area (Å²) in [5.74, 6) is 0.341. The van der Waals surface area contributed by atoms with Crippen molar-refractivity contribution in [3.63, 3.8) is 0 Å². The molecule has 0 saturated heterocycles. The Morgan fingerprint density at radius 3 is 2.67 bits per heavy atom. The molecule has 4 nitrogen and oxygen atoms in total. The average molecular weight is 214 g/mol. The first-order valence-electron chi connectivity index (χ1n) is 5.85. The Balaban J connectivity index is 2.11. The van der Waals surface area contributed by atoms with Gasteiger partial charge < -0.3 is 15.8 Å². The molecule has 1 amide bonds. The normalized spacial score (nSPS) is 26.3. The van der Waals surface area contributed by atoms with Crippen LogP contribution < -0.4 is 11.1 Å². The molecule has 15 heavy (non-hydrogen) atoms. The molecule has 1 aliphatic rings. The molecule has 0 radical (unpaired) electrons. The summed E-state index contributed by atoms with van der Waals surface area (Å²) in [5.41, 5.74) is 5.79. The average Bonchev–Trinajstić information content (AvgIpc) is 2.25. The molecular weight excluding hydrogens is 192 g/mol. The quantitative estimate of drug-likeness (QED) is 0.661. The lowest BCUT2D eigenvalue weighted by atomic mass is 9.86. The molecule has 0 heterocycles. The van der Waals surface area contributed by atoms with E-state index in [4.69, 9.17) is 10.5 Å². The summed E-state index contributed by atoms with van der Waals surface area (Å²) in [6, 6.07) is 0.303. The van der Waals surface area contributed by atoms with Gasteiger partial charge in [-0.15, -0.1) is 0 Å². The molecule has 0 unspecified atom stereocenters. The van der Waals surface area contributed by atoms with Crippen molar-refractivity contribution < 1.29 is 9.53 Å². The Morgan fingerprint density at radius 2 is 2.07 bits per heavy atom. The summed E-state index contributed by atoms with van der Waals surface area (Å²) in [7, 11) is 0. The minimum atomic E-state index is 0.168. The standard InChI is InChI=1S/C11H22N2O2/c1-2-15-8-7-13-11(14)9-3-5-10(12)6-4-9/h9-10H,2-8,12H2,1H3,(H,13,14). The molecule has 1 saturated carbocycles. The molecule has 1 rings (SSSR count). The van der Waals surface area contributed by atoms with Crippen molar-refractivity contribution in [3.05, 3.63) is 0 Å². The van der Waals surface area contributed by atoms with Crippen LogP contribution in [-0.2, 0) is 9.53 Å². The van der Waals surface area contributed by atoms with Crippen molar-refractivity contribution in [3.8, 4) is 0 Å². The third-order valence-electron chi connectivity index (χ3n) is 2.89. The number of hydrogen-bond donors (Lipinski definition) is 2. The van der Waals surface area contributed by atoms with Crippen LogP contribution in [0.15, 0.2) is 0 Å². The molecule has 0 spiro atoms. The lowest BCUT2D eigenvalue weighted by molar-refractivity contribution is -0.126. The fourth-order valence-corrected chi connectivity index (χ4v) is 1.92. The molecule has 0 bridgehead atoms. The van der Waals surface area contributed by atoms with Gasteiger partial charge in [0.25, 0.3) is 0 Å². The molecule has 1 fully saturated rings. The zero-order valence-electron chi connectivity index (χ0n) is 9.50. The smallest absolute Gasteiger partial charge is 0.223 e. The topological polar surface area (TPSA) is 64.3 Å². The van der Waals surface area contributed by atoms with E-state index in [0.717, 1.165) is 25.7 Å². The van der Waals surface area contributed by atoms with Gasteiger partial charge in [0.1, 0.15) is 0 Å². The summed E-state index contributed by atoms with van der Waals surface area (Å²) in [6.45, 7) is 3.88. The Bertz CT molecular complexity index is 189. The number of amides is 1. The second-order valence-electron chi connectivity index (χ2n) is 4.10. The van der Waals surface area contributed by atoms with E-state index >= 15 is 0 Å². The summed E-state index contributed by atoms with van der Waals surface area (Å²) in [4.78, 5) is 11.7. The van der Waals surface area contributed by atoms with Gasteiger partial charge in [-0.2, -0.15) is 0 Å². The highest BCUT2D eigenvalue weighted by Gasteiger charge is 2.23. The van der Waals surface area contributed by atoms with Gasteiger partial charge in [-0.05, 0) is 32.6 Å². The van der Waals surface area contributed by atoms with Gasteiger partial charge in [-0.1, -0.05) is 0 Å². The van der Waals surface area contributed by atoms with E-state index in [1.807, 2.05) is 6.92 Å². The fraction of sp³-hybridized carbons (Fsp3) is 0.909.